The Kier molecular flexibility index (Phi) is 4.86. The Morgan fingerprint density at radius 2 is 1.96 bits per heavy atom. The van der Waals surface area contributed by atoms with Gasteiger partial charge in [-0.15, -0.1) is 0 Å². The van der Waals surface area contributed by atoms with Gasteiger partial charge < -0.3 is 0 Å². The normalized spacial score (nSPS) is 11.7. The highest BCUT2D eigenvalue weighted by Crippen LogP contribution is 2.28. The minimum atomic E-state index is -4.44. The number of carbonyl (C=O) groups is 1. The smallest absolute Gasteiger partial charge is 0.265 e. The van der Waals surface area contributed by atoms with Crippen LogP contribution in [0.1, 0.15) is 27.3 Å². The number of hydrogen-bond donors (Lipinski definition) is 1. The molecule has 11 heteroatoms. The molecule has 0 radical (unpaired) electrons. The Labute approximate surface area is 139 Å². The molecular formula is C14H12F3N5O3. The van der Waals surface area contributed by atoms with Crippen LogP contribution in [0.3, 0.4) is 0 Å². The summed E-state index contributed by atoms with van der Waals surface area (Å²) in [6.07, 6.45) is -3.33. The zero-order valence-electron chi connectivity index (χ0n) is 13.0. The van der Waals surface area contributed by atoms with Crippen LogP contribution in [0, 0.1) is 17.0 Å². The molecule has 0 spiro atoms. The maximum atomic E-state index is 12.5. The molecule has 0 aliphatic rings. The number of carbonyl (C=O) groups excluding carboxylic acids is 1. The number of aromatic nitrogens is 2. The van der Waals surface area contributed by atoms with Crippen molar-refractivity contribution in [2.24, 2.45) is 12.1 Å². The van der Waals surface area contributed by atoms with Crippen molar-refractivity contribution < 1.29 is 22.9 Å². The molecule has 132 valence electrons. The number of nitro groups is 1. The lowest BCUT2D eigenvalue weighted by atomic mass is 10.1. The van der Waals surface area contributed by atoms with E-state index in [-0.39, 0.29) is 11.4 Å². The molecule has 0 saturated heterocycles. The van der Waals surface area contributed by atoms with E-state index < -0.39 is 28.3 Å². The second kappa shape index (κ2) is 6.71. The van der Waals surface area contributed by atoms with Gasteiger partial charge in [-0.25, -0.2) is 5.43 Å². The van der Waals surface area contributed by atoms with Crippen molar-refractivity contribution >= 4 is 17.8 Å². The maximum absolute atomic E-state index is 12.5. The van der Waals surface area contributed by atoms with Gasteiger partial charge in [-0.3, -0.25) is 19.6 Å². The average Bonchev–Trinajstić information content (AvgIpc) is 2.81. The first kappa shape index (κ1) is 18.1. The summed E-state index contributed by atoms with van der Waals surface area (Å²) in [7, 11) is 1.37. The molecule has 1 N–H and O–H groups in total. The van der Waals surface area contributed by atoms with Gasteiger partial charge in [0, 0.05) is 7.05 Å². The third-order valence-corrected chi connectivity index (χ3v) is 3.21. The monoisotopic (exact) mass is 355 g/mol. The number of aryl methyl sites for hydroxylation is 2. The maximum Gasteiger partial charge on any atom is 0.416 e. The Morgan fingerprint density at radius 3 is 2.48 bits per heavy atom. The van der Waals surface area contributed by atoms with Crippen molar-refractivity contribution in [3.05, 3.63) is 56.9 Å². The number of amides is 1. The van der Waals surface area contributed by atoms with Crippen molar-refractivity contribution in [2.45, 2.75) is 13.1 Å². The number of benzene rings is 1. The molecule has 2 rings (SSSR count). The van der Waals surface area contributed by atoms with Gasteiger partial charge in [-0.1, -0.05) is 12.1 Å². The number of rotatable bonds is 4. The molecule has 1 heterocycles. The molecule has 0 saturated carbocycles. The Morgan fingerprint density at radius 1 is 1.36 bits per heavy atom. The molecule has 1 aromatic heterocycles. The predicted molar refractivity (Wildman–Crippen MR) is 81.1 cm³/mol. The highest BCUT2D eigenvalue weighted by atomic mass is 19.4. The minimum Gasteiger partial charge on any atom is -0.265 e. The number of nitrogens with zero attached hydrogens (tertiary/aromatic N) is 4. The lowest BCUT2D eigenvalue weighted by molar-refractivity contribution is -0.385. The minimum absolute atomic E-state index is 0.0735. The van der Waals surface area contributed by atoms with Gasteiger partial charge in [0.1, 0.15) is 5.69 Å². The van der Waals surface area contributed by atoms with Crippen molar-refractivity contribution in [3.8, 4) is 0 Å². The molecule has 0 unspecified atom stereocenters. The summed E-state index contributed by atoms with van der Waals surface area (Å²) in [4.78, 5) is 22.3. The topological polar surface area (TPSA) is 102 Å². The third kappa shape index (κ3) is 4.00. The summed E-state index contributed by atoms with van der Waals surface area (Å²) < 4.78 is 38.4. The lowest BCUT2D eigenvalue weighted by Gasteiger charge is -2.05. The van der Waals surface area contributed by atoms with Crippen LogP contribution in [0.4, 0.5) is 18.9 Å². The summed E-state index contributed by atoms with van der Waals surface area (Å²) in [6, 6.07) is 4.10. The van der Waals surface area contributed by atoms with Crippen LogP contribution in [0.5, 0.6) is 0 Å². The van der Waals surface area contributed by atoms with Crippen LogP contribution < -0.4 is 5.43 Å². The van der Waals surface area contributed by atoms with Crippen LogP contribution in [0.25, 0.3) is 0 Å². The molecule has 0 fully saturated rings. The van der Waals surface area contributed by atoms with E-state index in [1.54, 1.807) is 0 Å². The van der Waals surface area contributed by atoms with E-state index in [0.717, 1.165) is 23.0 Å². The number of alkyl halides is 3. The molecule has 2 aromatic rings. The summed E-state index contributed by atoms with van der Waals surface area (Å²) in [5.74, 6) is -0.863. The number of nitrogens with one attached hydrogen (secondary N) is 1. The fourth-order valence-electron chi connectivity index (χ4n) is 2.10. The van der Waals surface area contributed by atoms with E-state index in [1.165, 1.54) is 26.1 Å². The molecule has 1 aromatic carbocycles. The fourth-order valence-corrected chi connectivity index (χ4v) is 2.10. The van der Waals surface area contributed by atoms with Crippen LogP contribution in [-0.4, -0.2) is 26.8 Å². The molecule has 1 amide bonds. The first-order valence-electron chi connectivity index (χ1n) is 6.80. The SMILES string of the molecule is Cc1nn(C)c(C(=O)N/N=C\c2ccc(C(F)(F)F)cc2)c1[N+](=O)[O-]. The van der Waals surface area contributed by atoms with Gasteiger partial charge in [0.2, 0.25) is 5.69 Å². The van der Waals surface area contributed by atoms with Gasteiger partial charge in [0.05, 0.1) is 16.7 Å². The number of hydrazone groups is 1. The summed E-state index contributed by atoms with van der Waals surface area (Å²) >= 11 is 0. The largest absolute Gasteiger partial charge is 0.416 e. The molecule has 8 nitrogen and oxygen atoms in total. The van der Waals surface area contributed by atoms with Crippen LogP contribution in [-0.2, 0) is 13.2 Å². The van der Waals surface area contributed by atoms with Crippen molar-refractivity contribution in [2.75, 3.05) is 0 Å². The van der Waals surface area contributed by atoms with Crippen LogP contribution in [0.2, 0.25) is 0 Å². The summed E-state index contributed by atoms with van der Waals surface area (Å²) in [5, 5.41) is 18.4. The van der Waals surface area contributed by atoms with E-state index in [1.807, 2.05) is 0 Å². The van der Waals surface area contributed by atoms with Gasteiger partial charge in [0.15, 0.2) is 0 Å². The zero-order chi connectivity index (χ0) is 18.8. The quantitative estimate of drug-likeness (QED) is 0.517. The average molecular weight is 355 g/mol. The number of halogens is 3. The van der Waals surface area contributed by atoms with Crippen LogP contribution in [0.15, 0.2) is 29.4 Å². The second-order valence-corrected chi connectivity index (χ2v) is 4.98. The molecule has 0 aliphatic heterocycles. The van der Waals surface area contributed by atoms with Crippen LogP contribution >= 0.6 is 0 Å². The van der Waals surface area contributed by atoms with Gasteiger partial charge in [0.25, 0.3) is 5.91 Å². The highest BCUT2D eigenvalue weighted by Gasteiger charge is 2.30. The second-order valence-electron chi connectivity index (χ2n) is 4.98. The van der Waals surface area contributed by atoms with Gasteiger partial charge >= 0.3 is 11.9 Å². The van der Waals surface area contributed by atoms with Crippen molar-refractivity contribution in [3.63, 3.8) is 0 Å². The zero-order valence-corrected chi connectivity index (χ0v) is 13.0. The first-order valence-corrected chi connectivity index (χ1v) is 6.80. The third-order valence-electron chi connectivity index (χ3n) is 3.21. The molecular weight excluding hydrogens is 343 g/mol. The van der Waals surface area contributed by atoms with Crippen molar-refractivity contribution in [1.29, 1.82) is 0 Å². The summed E-state index contributed by atoms with van der Waals surface area (Å²) in [5.41, 5.74) is 0.932. The van der Waals surface area contributed by atoms with Crippen molar-refractivity contribution in [1.82, 2.24) is 15.2 Å². The first-order chi connectivity index (χ1) is 11.6. The number of hydrogen-bond acceptors (Lipinski definition) is 5. The molecule has 0 aliphatic carbocycles. The Balaban J connectivity index is 2.13. The standard InChI is InChI=1S/C14H12F3N5O3/c1-8-11(22(24)25)12(21(2)20-8)13(23)19-18-7-9-3-5-10(6-4-9)14(15,16)17/h3-7H,1-2H3,(H,19,23)/b18-7-. The van der Waals surface area contributed by atoms with Gasteiger partial charge in [-0.2, -0.15) is 23.4 Å². The van der Waals surface area contributed by atoms with Gasteiger partial charge in [-0.05, 0) is 24.6 Å². The molecule has 0 atom stereocenters. The van der Waals surface area contributed by atoms with E-state index in [0.29, 0.717) is 5.56 Å². The molecule has 25 heavy (non-hydrogen) atoms. The summed E-state index contributed by atoms with van der Waals surface area (Å²) in [6.45, 7) is 1.39. The van der Waals surface area contributed by atoms with E-state index >= 15 is 0 Å². The van der Waals surface area contributed by atoms with E-state index in [4.69, 9.17) is 0 Å². The fraction of sp³-hybridized carbons (Fsp3) is 0.214. The Bertz CT molecular complexity index is 841. The predicted octanol–water partition coefficient (Wildman–Crippen LogP) is 2.42. The van der Waals surface area contributed by atoms with E-state index in [2.05, 4.69) is 15.6 Å². The highest BCUT2D eigenvalue weighted by molar-refractivity contribution is 5.97. The molecule has 0 bridgehead atoms. The van der Waals surface area contributed by atoms with E-state index in [9.17, 15) is 28.1 Å². The lowest BCUT2D eigenvalue weighted by Crippen LogP contribution is -2.22. The Hall–Kier alpha value is -3.24.